The Balaban J connectivity index is 0.00000245. The maximum absolute atomic E-state index is 13.2. The van der Waals surface area contributed by atoms with Gasteiger partial charge in [0.05, 0.1) is 17.7 Å². The smallest absolute Gasteiger partial charge is 0.255 e. The Hall–Kier alpha value is -2.54. The molecule has 2 aliphatic rings. The zero-order chi connectivity index (χ0) is 21.4. The lowest BCUT2D eigenvalue weighted by molar-refractivity contribution is 0.0462. The Morgan fingerprint density at radius 2 is 1.91 bits per heavy atom. The number of furan rings is 1. The number of aliphatic hydroxyl groups is 1. The number of rotatable bonds is 5. The van der Waals surface area contributed by atoms with Gasteiger partial charge in [0.15, 0.2) is 0 Å². The molecule has 0 bridgehead atoms. The average Bonchev–Trinajstić information content (AvgIpc) is 3.35. The minimum Gasteiger partial charge on any atom is -0.489 e. The van der Waals surface area contributed by atoms with Gasteiger partial charge in [-0.2, -0.15) is 0 Å². The summed E-state index contributed by atoms with van der Waals surface area (Å²) < 4.78 is 11.8. The number of nitrogens with one attached hydrogen (secondary N) is 2. The number of aliphatic hydroxyl groups excluding tert-OH is 1. The molecule has 5 rings (SSSR count). The quantitative estimate of drug-likeness (QED) is 0.543. The molecule has 7 heteroatoms. The van der Waals surface area contributed by atoms with E-state index >= 15 is 0 Å². The normalized spacial score (nSPS) is 24.6. The highest BCUT2D eigenvalue weighted by atomic mass is 35.5. The van der Waals surface area contributed by atoms with Crippen molar-refractivity contribution < 1.29 is 19.1 Å². The molecule has 3 N–H and O–H groups in total. The SMILES string of the molecule is Cc1oc2ccc(OCc3ccccc3)cc2c1C(=O)N[C@H]1C[C@H]2CNC[C@H]2C[C@@H]1O.Cl. The predicted molar refractivity (Wildman–Crippen MR) is 125 cm³/mol. The Morgan fingerprint density at radius 1 is 1.16 bits per heavy atom. The maximum Gasteiger partial charge on any atom is 0.255 e. The molecule has 6 nitrogen and oxygen atoms in total. The lowest BCUT2D eigenvalue weighted by Crippen LogP contribution is -2.49. The second-order valence-corrected chi connectivity index (χ2v) is 8.76. The zero-order valence-corrected chi connectivity index (χ0v) is 18.9. The summed E-state index contributed by atoms with van der Waals surface area (Å²) in [6.07, 6.45) is 1.00. The molecule has 2 heterocycles. The first kappa shape index (κ1) is 22.6. The van der Waals surface area contributed by atoms with E-state index in [1.165, 1.54) is 0 Å². The number of hydrogen-bond donors (Lipinski definition) is 3. The number of ether oxygens (including phenoxy) is 1. The Bertz CT molecular complexity index is 1080. The molecule has 2 aromatic carbocycles. The average molecular weight is 457 g/mol. The van der Waals surface area contributed by atoms with Gasteiger partial charge < -0.3 is 24.9 Å². The number of aryl methyl sites for hydroxylation is 1. The molecule has 3 aromatic rings. The van der Waals surface area contributed by atoms with Gasteiger partial charge >= 0.3 is 0 Å². The summed E-state index contributed by atoms with van der Waals surface area (Å²) in [6.45, 7) is 4.17. The van der Waals surface area contributed by atoms with Gasteiger partial charge in [0.2, 0.25) is 0 Å². The molecule has 32 heavy (non-hydrogen) atoms. The van der Waals surface area contributed by atoms with Crippen LogP contribution in [0.1, 0.15) is 34.5 Å². The number of carbonyl (C=O) groups excluding carboxylic acids is 1. The second kappa shape index (κ2) is 9.53. The Kier molecular flexibility index (Phi) is 6.74. The van der Waals surface area contributed by atoms with Crippen molar-refractivity contribution in [2.45, 2.75) is 38.5 Å². The van der Waals surface area contributed by atoms with Gasteiger partial charge in [0.25, 0.3) is 5.91 Å². The monoisotopic (exact) mass is 456 g/mol. The van der Waals surface area contributed by atoms with Crippen molar-refractivity contribution in [2.75, 3.05) is 13.1 Å². The highest BCUT2D eigenvalue weighted by Crippen LogP contribution is 2.34. The van der Waals surface area contributed by atoms with Crippen molar-refractivity contribution >= 4 is 29.3 Å². The van der Waals surface area contributed by atoms with E-state index in [0.717, 1.165) is 36.9 Å². The predicted octanol–water partition coefficient (Wildman–Crippen LogP) is 3.83. The van der Waals surface area contributed by atoms with Gasteiger partial charge in [0, 0.05) is 5.39 Å². The van der Waals surface area contributed by atoms with Crippen LogP contribution in [0.25, 0.3) is 11.0 Å². The molecule has 0 spiro atoms. The molecule has 1 aromatic heterocycles. The zero-order valence-electron chi connectivity index (χ0n) is 18.0. The van der Waals surface area contributed by atoms with Crippen LogP contribution in [0, 0.1) is 18.8 Å². The molecule has 170 valence electrons. The molecular formula is C25H29ClN2O4. The third-order valence-electron chi connectivity index (χ3n) is 6.67. The summed E-state index contributed by atoms with van der Waals surface area (Å²) in [5, 5.41) is 17.8. The van der Waals surface area contributed by atoms with Crippen molar-refractivity contribution in [1.29, 1.82) is 0 Å². The lowest BCUT2D eigenvalue weighted by Gasteiger charge is -2.35. The summed E-state index contributed by atoms with van der Waals surface area (Å²) in [6, 6.07) is 15.3. The Labute approximate surface area is 193 Å². The fourth-order valence-corrected chi connectivity index (χ4v) is 5.00. The number of carbonyl (C=O) groups is 1. The maximum atomic E-state index is 13.2. The van der Waals surface area contributed by atoms with E-state index in [1.807, 2.05) is 48.5 Å². The van der Waals surface area contributed by atoms with Crippen LogP contribution in [0.15, 0.2) is 52.9 Å². The summed E-state index contributed by atoms with van der Waals surface area (Å²) in [7, 11) is 0. The van der Waals surface area contributed by atoms with Gasteiger partial charge in [-0.3, -0.25) is 4.79 Å². The van der Waals surface area contributed by atoms with Crippen LogP contribution in [0.4, 0.5) is 0 Å². The number of hydrogen-bond acceptors (Lipinski definition) is 5. The van der Waals surface area contributed by atoms with Crippen LogP contribution < -0.4 is 15.4 Å². The van der Waals surface area contributed by atoms with Crippen LogP contribution in [0.5, 0.6) is 5.75 Å². The topological polar surface area (TPSA) is 83.7 Å². The van der Waals surface area contributed by atoms with E-state index < -0.39 is 6.10 Å². The second-order valence-electron chi connectivity index (χ2n) is 8.76. The molecule has 1 saturated carbocycles. The van der Waals surface area contributed by atoms with E-state index in [4.69, 9.17) is 9.15 Å². The molecule has 4 atom stereocenters. The number of benzene rings is 2. The van der Waals surface area contributed by atoms with E-state index in [-0.39, 0.29) is 24.4 Å². The fourth-order valence-electron chi connectivity index (χ4n) is 5.00. The molecule has 0 unspecified atom stereocenters. The van der Waals surface area contributed by atoms with E-state index in [1.54, 1.807) is 6.92 Å². The third-order valence-corrected chi connectivity index (χ3v) is 6.67. The summed E-state index contributed by atoms with van der Waals surface area (Å²) in [5.41, 5.74) is 2.24. The van der Waals surface area contributed by atoms with E-state index in [9.17, 15) is 9.90 Å². The van der Waals surface area contributed by atoms with Crippen LogP contribution >= 0.6 is 12.4 Å². The van der Waals surface area contributed by atoms with Gasteiger partial charge in [-0.1, -0.05) is 30.3 Å². The Morgan fingerprint density at radius 3 is 2.69 bits per heavy atom. The largest absolute Gasteiger partial charge is 0.489 e. The first-order valence-corrected chi connectivity index (χ1v) is 11.0. The number of amides is 1. The third kappa shape index (κ3) is 4.49. The summed E-state index contributed by atoms with van der Waals surface area (Å²) in [4.78, 5) is 13.2. The fraction of sp³-hybridized carbons (Fsp3) is 0.400. The molecule has 1 amide bonds. The van der Waals surface area contributed by atoms with Crippen molar-refractivity contribution in [3.05, 3.63) is 65.4 Å². The van der Waals surface area contributed by atoms with Crippen molar-refractivity contribution in [3.8, 4) is 5.75 Å². The minimum absolute atomic E-state index is 0. The van der Waals surface area contributed by atoms with Gasteiger partial charge in [-0.25, -0.2) is 0 Å². The molecule has 2 fully saturated rings. The number of halogens is 1. The summed E-state index contributed by atoms with van der Waals surface area (Å²) in [5.74, 6) is 2.06. The molecule has 1 saturated heterocycles. The molecular weight excluding hydrogens is 428 g/mol. The van der Waals surface area contributed by atoms with Crippen LogP contribution in [0.2, 0.25) is 0 Å². The van der Waals surface area contributed by atoms with Gasteiger partial charge in [-0.05, 0) is 68.5 Å². The van der Waals surface area contributed by atoms with Crippen LogP contribution in [-0.4, -0.2) is 36.2 Å². The van der Waals surface area contributed by atoms with Crippen molar-refractivity contribution in [3.63, 3.8) is 0 Å². The van der Waals surface area contributed by atoms with Gasteiger partial charge in [-0.15, -0.1) is 12.4 Å². The first-order valence-electron chi connectivity index (χ1n) is 11.0. The molecule has 0 radical (unpaired) electrons. The van der Waals surface area contributed by atoms with E-state index in [0.29, 0.717) is 41.1 Å². The highest BCUT2D eigenvalue weighted by Gasteiger charge is 2.39. The van der Waals surface area contributed by atoms with Crippen LogP contribution in [-0.2, 0) is 6.61 Å². The lowest BCUT2D eigenvalue weighted by atomic mass is 9.77. The summed E-state index contributed by atoms with van der Waals surface area (Å²) >= 11 is 0. The minimum atomic E-state index is -0.520. The molecule has 1 aliphatic carbocycles. The van der Waals surface area contributed by atoms with Gasteiger partial charge in [0.1, 0.15) is 23.7 Å². The highest BCUT2D eigenvalue weighted by molar-refractivity contribution is 6.07. The van der Waals surface area contributed by atoms with Crippen molar-refractivity contribution in [1.82, 2.24) is 10.6 Å². The molecule has 1 aliphatic heterocycles. The van der Waals surface area contributed by atoms with Crippen molar-refractivity contribution in [2.24, 2.45) is 11.8 Å². The van der Waals surface area contributed by atoms with E-state index in [2.05, 4.69) is 10.6 Å². The number of fused-ring (bicyclic) bond motifs is 2. The standard InChI is InChI=1S/C25H28N2O4.ClH/c1-15-24(25(29)27-21-9-17-12-26-13-18(17)10-22(21)28)20-11-19(7-8-23(20)31-15)30-14-16-5-3-2-4-6-16;/h2-8,11,17-18,21-22,26,28H,9-10,12-14H2,1H3,(H,27,29);1H/t17-,18+,21-,22-;/m0./s1. The van der Waals surface area contributed by atoms with Crippen LogP contribution in [0.3, 0.4) is 0 Å². The first-order chi connectivity index (χ1) is 15.1.